The minimum absolute atomic E-state index is 0.00227. The van der Waals surface area contributed by atoms with E-state index in [0.717, 1.165) is 25.9 Å². The number of nitrogens with zero attached hydrogens (tertiary/aromatic N) is 3. The molecule has 7 heteroatoms. The first-order valence-electron chi connectivity index (χ1n) is 9.47. The molecule has 0 aromatic heterocycles. The molecule has 0 aromatic carbocycles. The molecule has 3 fully saturated rings. The second-order valence-electron chi connectivity index (χ2n) is 7.61. The summed E-state index contributed by atoms with van der Waals surface area (Å²) in [5.41, 5.74) is -0.653. The van der Waals surface area contributed by atoms with Crippen molar-refractivity contribution < 1.29 is 14.3 Å². The molecular formula is C18H31N3O3S. The molecule has 0 saturated carbocycles. The van der Waals surface area contributed by atoms with E-state index in [4.69, 9.17) is 4.74 Å². The van der Waals surface area contributed by atoms with Crippen LogP contribution in [0.5, 0.6) is 0 Å². The maximum absolute atomic E-state index is 13.2. The van der Waals surface area contributed by atoms with Crippen LogP contribution in [-0.2, 0) is 9.53 Å². The molecule has 0 aromatic rings. The van der Waals surface area contributed by atoms with E-state index in [2.05, 4.69) is 4.90 Å². The van der Waals surface area contributed by atoms with Gasteiger partial charge in [0.15, 0.2) is 0 Å². The third kappa shape index (κ3) is 3.43. The molecule has 3 heterocycles. The highest BCUT2D eigenvalue weighted by atomic mass is 32.2. The first kappa shape index (κ1) is 19.0. The van der Waals surface area contributed by atoms with Crippen molar-refractivity contribution in [1.29, 1.82) is 0 Å². The van der Waals surface area contributed by atoms with Crippen molar-refractivity contribution in [2.24, 2.45) is 0 Å². The largest absolute Gasteiger partial charge is 0.383 e. The Labute approximate surface area is 155 Å². The molecule has 0 bridgehead atoms. The number of ether oxygens (including phenoxy) is 1. The number of carbonyl (C=O) groups excluding carboxylic acids is 2. The number of thioether (sulfide) groups is 1. The number of carbonyl (C=O) groups is 2. The van der Waals surface area contributed by atoms with Crippen LogP contribution in [0.4, 0.5) is 4.79 Å². The van der Waals surface area contributed by atoms with Gasteiger partial charge in [0.1, 0.15) is 5.54 Å². The first-order valence-corrected chi connectivity index (χ1v) is 10.6. The van der Waals surface area contributed by atoms with E-state index >= 15 is 0 Å². The lowest BCUT2D eigenvalue weighted by Gasteiger charge is -2.45. The molecule has 0 N–H and O–H groups in total. The van der Waals surface area contributed by atoms with E-state index in [0.29, 0.717) is 19.2 Å². The number of methoxy groups -OCH3 is 1. The molecule has 3 aliphatic rings. The number of imide groups is 1. The monoisotopic (exact) mass is 369 g/mol. The van der Waals surface area contributed by atoms with Crippen molar-refractivity contribution in [3.8, 4) is 0 Å². The molecule has 0 radical (unpaired) electrons. The summed E-state index contributed by atoms with van der Waals surface area (Å²) >= 11 is 2.04. The van der Waals surface area contributed by atoms with Crippen LogP contribution in [-0.4, -0.2) is 89.1 Å². The van der Waals surface area contributed by atoms with Gasteiger partial charge in [-0.25, -0.2) is 4.79 Å². The average Bonchev–Trinajstić information content (AvgIpc) is 2.82. The topological polar surface area (TPSA) is 53.1 Å². The van der Waals surface area contributed by atoms with Crippen LogP contribution in [0.2, 0.25) is 0 Å². The molecule has 0 atom stereocenters. The zero-order chi connectivity index (χ0) is 18.0. The number of urea groups is 1. The number of likely N-dealkylation sites (tertiary alicyclic amines) is 1. The Bertz CT molecular complexity index is 500. The zero-order valence-corrected chi connectivity index (χ0v) is 16.5. The number of hydrogen-bond acceptors (Lipinski definition) is 5. The Morgan fingerprint density at radius 2 is 1.84 bits per heavy atom. The molecule has 1 spiro atoms. The van der Waals surface area contributed by atoms with Crippen molar-refractivity contribution in [3.05, 3.63) is 0 Å². The maximum Gasteiger partial charge on any atom is 0.327 e. The van der Waals surface area contributed by atoms with Crippen molar-refractivity contribution in [3.63, 3.8) is 0 Å². The van der Waals surface area contributed by atoms with Crippen LogP contribution in [0.3, 0.4) is 0 Å². The Morgan fingerprint density at radius 3 is 2.40 bits per heavy atom. The van der Waals surface area contributed by atoms with E-state index in [-0.39, 0.29) is 18.0 Å². The third-order valence-corrected chi connectivity index (χ3v) is 6.99. The molecule has 142 valence electrons. The fraction of sp³-hybridized carbons (Fsp3) is 0.889. The molecule has 0 aliphatic carbocycles. The summed E-state index contributed by atoms with van der Waals surface area (Å²) < 4.78 is 5.20. The van der Waals surface area contributed by atoms with Gasteiger partial charge >= 0.3 is 6.03 Å². The highest BCUT2D eigenvalue weighted by Crippen LogP contribution is 2.39. The third-order valence-electron chi connectivity index (χ3n) is 5.94. The van der Waals surface area contributed by atoms with Gasteiger partial charge in [-0.05, 0) is 51.0 Å². The van der Waals surface area contributed by atoms with Crippen LogP contribution >= 0.6 is 11.8 Å². The Morgan fingerprint density at radius 1 is 1.20 bits per heavy atom. The summed E-state index contributed by atoms with van der Waals surface area (Å²) in [7, 11) is 1.64. The molecular weight excluding hydrogens is 338 g/mol. The standard InChI is InChI=1S/C18H31N3O3S/c1-14(2)21-16(22)18(20(17(21)23)10-11-24-3)6-8-19(9-7-18)15-4-12-25-13-5-15/h14-15H,4-13H2,1-3H3. The van der Waals surface area contributed by atoms with E-state index in [1.54, 1.807) is 12.0 Å². The lowest BCUT2D eigenvalue weighted by atomic mass is 9.84. The molecule has 3 rings (SSSR count). The Hall–Kier alpha value is -0.790. The number of hydrogen-bond donors (Lipinski definition) is 0. The van der Waals surface area contributed by atoms with Gasteiger partial charge in [0.25, 0.3) is 5.91 Å². The van der Waals surface area contributed by atoms with E-state index in [1.807, 2.05) is 25.6 Å². The van der Waals surface area contributed by atoms with Gasteiger partial charge in [-0.2, -0.15) is 11.8 Å². The van der Waals surface area contributed by atoms with Gasteiger partial charge in [-0.3, -0.25) is 9.69 Å². The van der Waals surface area contributed by atoms with Gasteiger partial charge in [0, 0.05) is 38.8 Å². The molecule has 25 heavy (non-hydrogen) atoms. The van der Waals surface area contributed by atoms with E-state index in [9.17, 15) is 9.59 Å². The fourth-order valence-electron chi connectivity index (χ4n) is 4.48. The van der Waals surface area contributed by atoms with Gasteiger partial charge in [0.2, 0.25) is 0 Å². The normalized spacial score (nSPS) is 25.6. The van der Waals surface area contributed by atoms with Crippen molar-refractivity contribution in [2.75, 3.05) is 44.9 Å². The lowest BCUT2D eigenvalue weighted by Crippen LogP contribution is -2.58. The Balaban J connectivity index is 1.75. The average molecular weight is 370 g/mol. The molecule has 6 nitrogen and oxygen atoms in total. The second-order valence-corrected chi connectivity index (χ2v) is 8.83. The quantitative estimate of drug-likeness (QED) is 0.694. The number of piperidine rings is 1. The van der Waals surface area contributed by atoms with Gasteiger partial charge in [-0.1, -0.05) is 0 Å². The summed E-state index contributed by atoms with van der Waals surface area (Å²) in [5, 5.41) is 0. The minimum Gasteiger partial charge on any atom is -0.383 e. The number of amides is 3. The van der Waals surface area contributed by atoms with E-state index in [1.165, 1.54) is 29.2 Å². The van der Waals surface area contributed by atoms with Gasteiger partial charge in [0.05, 0.1) is 6.61 Å². The first-order chi connectivity index (χ1) is 12.0. The second kappa shape index (κ2) is 7.84. The highest BCUT2D eigenvalue weighted by Gasteiger charge is 2.58. The van der Waals surface area contributed by atoms with E-state index < -0.39 is 5.54 Å². The molecule has 0 unspecified atom stereocenters. The molecule has 3 saturated heterocycles. The molecule has 3 amide bonds. The number of rotatable bonds is 5. The van der Waals surface area contributed by atoms with Crippen LogP contribution in [0.15, 0.2) is 0 Å². The van der Waals surface area contributed by atoms with Crippen molar-refractivity contribution >= 4 is 23.7 Å². The summed E-state index contributed by atoms with van der Waals surface area (Å²) in [4.78, 5) is 31.9. The van der Waals surface area contributed by atoms with Crippen LogP contribution in [0.1, 0.15) is 39.5 Å². The maximum atomic E-state index is 13.2. The van der Waals surface area contributed by atoms with Crippen LogP contribution in [0, 0.1) is 0 Å². The summed E-state index contributed by atoms with van der Waals surface area (Å²) in [6.45, 7) is 6.60. The minimum atomic E-state index is -0.653. The zero-order valence-electron chi connectivity index (χ0n) is 15.7. The Kier molecular flexibility index (Phi) is 5.96. The SMILES string of the molecule is COCCN1C(=O)N(C(C)C)C(=O)C12CCN(C1CCSCC1)CC2. The van der Waals surface area contributed by atoms with Gasteiger partial charge < -0.3 is 14.5 Å². The molecule has 3 aliphatic heterocycles. The van der Waals surface area contributed by atoms with Crippen LogP contribution < -0.4 is 0 Å². The van der Waals surface area contributed by atoms with Crippen molar-refractivity contribution in [1.82, 2.24) is 14.7 Å². The van der Waals surface area contributed by atoms with Gasteiger partial charge in [-0.15, -0.1) is 0 Å². The summed E-state index contributed by atoms with van der Waals surface area (Å²) in [6.07, 6.45) is 3.98. The smallest absolute Gasteiger partial charge is 0.327 e. The summed E-state index contributed by atoms with van der Waals surface area (Å²) in [6, 6.07) is 0.414. The summed E-state index contributed by atoms with van der Waals surface area (Å²) in [5.74, 6) is 2.48. The van der Waals surface area contributed by atoms with Crippen molar-refractivity contribution in [2.45, 2.75) is 57.2 Å². The highest BCUT2D eigenvalue weighted by molar-refractivity contribution is 7.99. The predicted octanol–water partition coefficient (Wildman–Crippen LogP) is 2.04. The lowest BCUT2D eigenvalue weighted by molar-refractivity contribution is -0.137. The fourth-order valence-corrected chi connectivity index (χ4v) is 5.56. The van der Waals surface area contributed by atoms with Crippen LogP contribution in [0.25, 0.3) is 0 Å². The predicted molar refractivity (Wildman–Crippen MR) is 99.8 cm³/mol.